The highest BCUT2D eigenvalue weighted by Gasteiger charge is 2.38. The number of hydrogen-bond donors (Lipinski definition) is 1. The van der Waals surface area contributed by atoms with Crippen LogP contribution < -0.4 is 5.32 Å². The van der Waals surface area contributed by atoms with Crippen LogP contribution in [0.3, 0.4) is 0 Å². The van der Waals surface area contributed by atoms with Crippen LogP contribution in [0.1, 0.15) is 12.0 Å². The summed E-state index contributed by atoms with van der Waals surface area (Å²) in [6.07, 6.45) is 2.92. The molecular weight excluding hydrogens is 320 g/mol. The first-order valence-electron chi connectivity index (χ1n) is 7.96. The molecule has 0 radical (unpaired) electrons. The SMILES string of the molecule is CSc1cccc(N[C@@H]2CC(=O)N(CCc3ccccc3)C2=O)c1. The number of benzene rings is 2. The second-order valence-electron chi connectivity index (χ2n) is 5.75. The van der Waals surface area contributed by atoms with Gasteiger partial charge in [-0.05, 0) is 36.4 Å². The maximum Gasteiger partial charge on any atom is 0.252 e. The van der Waals surface area contributed by atoms with E-state index in [0.29, 0.717) is 13.0 Å². The predicted octanol–water partition coefficient (Wildman–Crippen LogP) is 3.19. The zero-order valence-corrected chi connectivity index (χ0v) is 14.4. The second-order valence-corrected chi connectivity index (χ2v) is 6.63. The number of rotatable bonds is 6. The maximum absolute atomic E-state index is 12.5. The first-order valence-corrected chi connectivity index (χ1v) is 9.18. The highest BCUT2D eigenvalue weighted by Crippen LogP contribution is 2.23. The molecule has 1 atom stereocenters. The lowest BCUT2D eigenvalue weighted by Crippen LogP contribution is -2.36. The van der Waals surface area contributed by atoms with E-state index in [-0.39, 0.29) is 18.2 Å². The van der Waals surface area contributed by atoms with Gasteiger partial charge in [0.05, 0.1) is 6.42 Å². The summed E-state index contributed by atoms with van der Waals surface area (Å²) in [7, 11) is 0. The smallest absolute Gasteiger partial charge is 0.252 e. The van der Waals surface area contributed by atoms with Gasteiger partial charge in [0.15, 0.2) is 0 Å². The molecule has 0 saturated carbocycles. The molecule has 1 N–H and O–H groups in total. The Bertz CT molecular complexity index is 733. The molecule has 0 aromatic heterocycles. The standard InChI is InChI=1S/C19H20N2O2S/c1-24-16-9-5-8-15(12-16)20-17-13-18(22)21(19(17)23)11-10-14-6-3-2-4-7-14/h2-9,12,17,20H,10-11,13H2,1H3/t17-/m1/s1. The summed E-state index contributed by atoms with van der Waals surface area (Å²) in [5, 5.41) is 3.20. The number of carbonyl (C=O) groups excluding carboxylic acids is 2. The average molecular weight is 340 g/mol. The van der Waals surface area contributed by atoms with Crippen LogP contribution in [0, 0.1) is 0 Å². The molecular formula is C19H20N2O2S. The largest absolute Gasteiger partial charge is 0.373 e. The first-order chi connectivity index (χ1) is 11.7. The minimum atomic E-state index is -0.467. The topological polar surface area (TPSA) is 49.4 Å². The molecule has 0 aliphatic carbocycles. The quantitative estimate of drug-likeness (QED) is 0.648. The Labute approximate surface area is 146 Å². The number of nitrogens with zero attached hydrogens (tertiary/aromatic N) is 1. The number of thioether (sulfide) groups is 1. The molecule has 1 aliphatic rings. The van der Waals surface area contributed by atoms with E-state index in [2.05, 4.69) is 5.32 Å². The molecule has 5 heteroatoms. The zero-order chi connectivity index (χ0) is 16.9. The number of hydrogen-bond acceptors (Lipinski definition) is 4. The Balaban J connectivity index is 1.63. The van der Waals surface area contributed by atoms with Gasteiger partial charge in [-0.1, -0.05) is 36.4 Å². The molecule has 2 aromatic rings. The van der Waals surface area contributed by atoms with Crippen molar-refractivity contribution in [3.05, 3.63) is 60.2 Å². The van der Waals surface area contributed by atoms with Crippen molar-refractivity contribution >= 4 is 29.3 Å². The van der Waals surface area contributed by atoms with Crippen LogP contribution in [-0.4, -0.2) is 35.6 Å². The van der Waals surface area contributed by atoms with E-state index in [1.807, 2.05) is 60.9 Å². The van der Waals surface area contributed by atoms with Crippen molar-refractivity contribution in [2.45, 2.75) is 23.8 Å². The van der Waals surface area contributed by atoms with Crippen molar-refractivity contribution < 1.29 is 9.59 Å². The third-order valence-electron chi connectivity index (χ3n) is 4.12. The fourth-order valence-corrected chi connectivity index (χ4v) is 3.29. The summed E-state index contributed by atoms with van der Waals surface area (Å²) >= 11 is 1.65. The van der Waals surface area contributed by atoms with Gasteiger partial charge < -0.3 is 5.32 Å². The summed E-state index contributed by atoms with van der Waals surface area (Å²) in [5.74, 6) is -0.236. The van der Waals surface area contributed by atoms with Crippen molar-refractivity contribution in [3.8, 4) is 0 Å². The van der Waals surface area contributed by atoms with Crippen LogP contribution in [0.15, 0.2) is 59.5 Å². The molecule has 2 aromatic carbocycles. The average Bonchev–Trinajstić information content (AvgIpc) is 2.87. The number of carbonyl (C=O) groups is 2. The third kappa shape index (κ3) is 3.79. The Hall–Kier alpha value is -2.27. The Morgan fingerprint density at radius 1 is 1.12 bits per heavy atom. The van der Waals surface area contributed by atoms with Crippen LogP contribution in [0.2, 0.25) is 0 Å². The summed E-state index contributed by atoms with van der Waals surface area (Å²) in [5.41, 5.74) is 2.00. The van der Waals surface area contributed by atoms with Gasteiger partial charge in [0.2, 0.25) is 5.91 Å². The van der Waals surface area contributed by atoms with Crippen molar-refractivity contribution in [2.75, 3.05) is 18.1 Å². The Morgan fingerprint density at radius 3 is 2.67 bits per heavy atom. The lowest BCUT2D eigenvalue weighted by molar-refractivity contribution is -0.138. The third-order valence-corrected chi connectivity index (χ3v) is 4.85. The van der Waals surface area contributed by atoms with Gasteiger partial charge in [-0.25, -0.2) is 0 Å². The summed E-state index contributed by atoms with van der Waals surface area (Å²) in [6.45, 7) is 0.435. The van der Waals surface area contributed by atoms with Crippen molar-refractivity contribution in [2.24, 2.45) is 0 Å². The normalized spacial score (nSPS) is 17.4. The minimum absolute atomic E-state index is 0.102. The van der Waals surface area contributed by atoms with E-state index in [4.69, 9.17) is 0 Å². The van der Waals surface area contributed by atoms with E-state index < -0.39 is 6.04 Å². The molecule has 0 spiro atoms. The van der Waals surface area contributed by atoms with Crippen LogP contribution in [-0.2, 0) is 16.0 Å². The van der Waals surface area contributed by atoms with E-state index in [9.17, 15) is 9.59 Å². The second kappa shape index (κ2) is 7.53. The fraction of sp³-hybridized carbons (Fsp3) is 0.263. The fourth-order valence-electron chi connectivity index (χ4n) is 2.83. The Morgan fingerprint density at radius 2 is 1.92 bits per heavy atom. The zero-order valence-electron chi connectivity index (χ0n) is 13.6. The number of amides is 2. The molecule has 4 nitrogen and oxygen atoms in total. The summed E-state index contributed by atoms with van der Waals surface area (Å²) in [6, 6.07) is 17.3. The van der Waals surface area contributed by atoms with Crippen LogP contribution in [0.4, 0.5) is 5.69 Å². The number of anilines is 1. The first kappa shape index (κ1) is 16.6. The van der Waals surface area contributed by atoms with Crippen LogP contribution >= 0.6 is 11.8 Å². The Kier molecular flexibility index (Phi) is 5.20. The van der Waals surface area contributed by atoms with E-state index >= 15 is 0 Å². The molecule has 24 heavy (non-hydrogen) atoms. The molecule has 1 heterocycles. The van der Waals surface area contributed by atoms with E-state index in [1.54, 1.807) is 11.8 Å². The van der Waals surface area contributed by atoms with Gasteiger partial charge in [-0.15, -0.1) is 11.8 Å². The lowest BCUT2D eigenvalue weighted by Gasteiger charge is -2.16. The van der Waals surface area contributed by atoms with E-state index in [1.165, 1.54) is 4.90 Å². The molecule has 124 valence electrons. The highest BCUT2D eigenvalue weighted by molar-refractivity contribution is 7.98. The van der Waals surface area contributed by atoms with Gasteiger partial charge in [0.25, 0.3) is 5.91 Å². The molecule has 3 rings (SSSR count). The lowest BCUT2D eigenvalue weighted by atomic mass is 10.1. The predicted molar refractivity (Wildman–Crippen MR) is 97.1 cm³/mol. The maximum atomic E-state index is 12.5. The van der Waals surface area contributed by atoms with Gasteiger partial charge >= 0.3 is 0 Å². The van der Waals surface area contributed by atoms with Crippen LogP contribution in [0.5, 0.6) is 0 Å². The molecule has 1 saturated heterocycles. The number of nitrogens with one attached hydrogen (secondary N) is 1. The monoisotopic (exact) mass is 340 g/mol. The van der Waals surface area contributed by atoms with E-state index in [0.717, 1.165) is 16.1 Å². The number of likely N-dealkylation sites (tertiary alicyclic amines) is 1. The molecule has 0 bridgehead atoms. The van der Waals surface area contributed by atoms with Gasteiger partial charge in [-0.3, -0.25) is 14.5 Å². The minimum Gasteiger partial charge on any atom is -0.373 e. The van der Waals surface area contributed by atoms with Gasteiger partial charge in [0.1, 0.15) is 6.04 Å². The summed E-state index contributed by atoms with van der Waals surface area (Å²) in [4.78, 5) is 27.2. The number of imide groups is 1. The molecule has 2 amide bonds. The van der Waals surface area contributed by atoms with Crippen LogP contribution in [0.25, 0.3) is 0 Å². The van der Waals surface area contributed by atoms with Crippen molar-refractivity contribution in [1.82, 2.24) is 4.90 Å². The molecule has 1 fully saturated rings. The van der Waals surface area contributed by atoms with Crippen molar-refractivity contribution in [1.29, 1.82) is 0 Å². The highest BCUT2D eigenvalue weighted by atomic mass is 32.2. The van der Waals surface area contributed by atoms with Crippen molar-refractivity contribution in [3.63, 3.8) is 0 Å². The molecule has 0 unspecified atom stereocenters. The van der Waals surface area contributed by atoms with Gasteiger partial charge in [0, 0.05) is 17.1 Å². The summed E-state index contributed by atoms with van der Waals surface area (Å²) < 4.78 is 0. The van der Waals surface area contributed by atoms with Gasteiger partial charge in [-0.2, -0.15) is 0 Å². The molecule has 1 aliphatic heterocycles.